The van der Waals surface area contributed by atoms with Gasteiger partial charge in [-0.2, -0.15) is 4.98 Å². The molecule has 0 atom stereocenters. The normalized spacial score (nSPS) is 10.5. The Morgan fingerprint density at radius 2 is 1.83 bits per heavy atom. The second-order valence-electron chi connectivity index (χ2n) is 3.67. The Morgan fingerprint density at radius 1 is 1.00 bits per heavy atom. The summed E-state index contributed by atoms with van der Waals surface area (Å²) in [5, 5.41) is 4.57. The summed E-state index contributed by atoms with van der Waals surface area (Å²) in [4.78, 5) is 8.27. The quantitative estimate of drug-likeness (QED) is 0.706. The molecule has 0 unspecified atom stereocenters. The summed E-state index contributed by atoms with van der Waals surface area (Å²) in [5.74, 6) is 0.983. The van der Waals surface area contributed by atoms with Crippen molar-refractivity contribution in [1.29, 1.82) is 0 Å². The molecule has 4 nitrogen and oxygen atoms in total. The van der Waals surface area contributed by atoms with Crippen molar-refractivity contribution in [3.8, 4) is 22.8 Å². The van der Waals surface area contributed by atoms with Crippen LogP contribution in [0.25, 0.3) is 22.8 Å². The molecule has 88 valence electrons. The maximum absolute atomic E-state index is 5.92. The molecule has 0 aliphatic rings. The predicted octanol–water partition coefficient (Wildman–Crippen LogP) is 3.45. The van der Waals surface area contributed by atoms with Crippen LogP contribution < -0.4 is 0 Å². The van der Waals surface area contributed by atoms with Crippen molar-refractivity contribution in [3.05, 3.63) is 53.8 Å². The number of pyridine rings is 1. The van der Waals surface area contributed by atoms with Gasteiger partial charge in [-0.25, -0.2) is 0 Å². The molecule has 3 aromatic rings. The minimum absolute atomic E-state index is 0.448. The highest BCUT2D eigenvalue weighted by molar-refractivity contribution is 6.30. The predicted molar refractivity (Wildman–Crippen MR) is 68.0 cm³/mol. The highest BCUT2D eigenvalue weighted by Crippen LogP contribution is 2.23. The molecule has 1 aromatic carbocycles. The minimum atomic E-state index is 0.448. The fraction of sp³-hybridized carbons (Fsp3) is 0. The first kappa shape index (κ1) is 10.9. The van der Waals surface area contributed by atoms with Gasteiger partial charge in [0.15, 0.2) is 0 Å². The van der Waals surface area contributed by atoms with Crippen molar-refractivity contribution in [1.82, 2.24) is 15.1 Å². The average molecular weight is 258 g/mol. The Balaban J connectivity index is 2.00. The molecule has 0 saturated heterocycles. The van der Waals surface area contributed by atoms with E-state index in [1.54, 1.807) is 24.5 Å². The third kappa shape index (κ3) is 2.10. The van der Waals surface area contributed by atoms with Gasteiger partial charge in [-0.3, -0.25) is 4.98 Å². The molecule has 0 amide bonds. The SMILES string of the molecule is Clc1cccc(-c2nc(-c3ccncc3)no2)c1. The first-order chi connectivity index (χ1) is 8.83. The lowest BCUT2D eigenvalue weighted by Crippen LogP contribution is -1.81. The first-order valence-electron chi connectivity index (χ1n) is 5.33. The zero-order chi connectivity index (χ0) is 12.4. The van der Waals surface area contributed by atoms with Crippen LogP contribution in [0.15, 0.2) is 53.3 Å². The van der Waals surface area contributed by atoms with Crippen LogP contribution in [0.4, 0.5) is 0 Å². The molecule has 0 N–H and O–H groups in total. The molecule has 0 saturated carbocycles. The maximum Gasteiger partial charge on any atom is 0.258 e. The topological polar surface area (TPSA) is 51.8 Å². The number of hydrogen-bond donors (Lipinski definition) is 0. The second kappa shape index (κ2) is 4.58. The molecular weight excluding hydrogens is 250 g/mol. The van der Waals surface area contributed by atoms with E-state index in [0.29, 0.717) is 16.7 Å². The molecule has 0 spiro atoms. The number of benzene rings is 1. The van der Waals surface area contributed by atoms with Gasteiger partial charge in [0.05, 0.1) is 0 Å². The van der Waals surface area contributed by atoms with Gasteiger partial charge in [-0.1, -0.05) is 22.8 Å². The minimum Gasteiger partial charge on any atom is -0.334 e. The van der Waals surface area contributed by atoms with Crippen molar-refractivity contribution in [2.24, 2.45) is 0 Å². The Morgan fingerprint density at radius 3 is 2.61 bits per heavy atom. The Bertz CT molecular complexity index is 667. The van der Waals surface area contributed by atoms with E-state index in [9.17, 15) is 0 Å². The van der Waals surface area contributed by atoms with Crippen molar-refractivity contribution in [2.45, 2.75) is 0 Å². The Labute approximate surface area is 108 Å². The van der Waals surface area contributed by atoms with E-state index >= 15 is 0 Å². The van der Waals surface area contributed by atoms with Crippen LogP contribution in [0.3, 0.4) is 0 Å². The zero-order valence-electron chi connectivity index (χ0n) is 9.25. The average Bonchev–Trinajstić information content (AvgIpc) is 2.89. The first-order valence-corrected chi connectivity index (χ1v) is 5.71. The Hall–Kier alpha value is -2.20. The second-order valence-corrected chi connectivity index (χ2v) is 4.11. The molecule has 0 radical (unpaired) electrons. The monoisotopic (exact) mass is 257 g/mol. The van der Waals surface area contributed by atoms with Crippen molar-refractivity contribution in [3.63, 3.8) is 0 Å². The summed E-state index contributed by atoms with van der Waals surface area (Å²) in [6.45, 7) is 0. The molecule has 0 aliphatic carbocycles. The summed E-state index contributed by atoms with van der Waals surface area (Å²) in [6, 6.07) is 10.9. The molecule has 3 rings (SSSR count). The van der Waals surface area contributed by atoms with E-state index in [-0.39, 0.29) is 0 Å². The van der Waals surface area contributed by atoms with Gasteiger partial charge in [-0.05, 0) is 30.3 Å². The fourth-order valence-corrected chi connectivity index (χ4v) is 1.77. The molecule has 2 heterocycles. The molecule has 0 fully saturated rings. The van der Waals surface area contributed by atoms with Gasteiger partial charge in [0.25, 0.3) is 5.89 Å². The number of hydrogen-bond acceptors (Lipinski definition) is 4. The largest absolute Gasteiger partial charge is 0.334 e. The number of rotatable bonds is 2. The van der Waals surface area contributed by atoms with Crippen LogP contribution in [-0.2, 0) is 0 Å². The van der Waals surface area contributed by atoms with Crippen LogP contribution in [0, 0.1) is 0 Å². The summed E-state index contributed by atoms with van der Waals surface area (Å²) < 4.78 is 5.22. The van der Waals surface area contributed by atoms with E-state index in [4.69, 9.17) is 16.1 Å². The van der Waals surface area contributed by atoms with Gasteiger partial charge in [0.1, 0.15) is 0 Å². The summed E-state index contributed by atoms with van der Waals surface area (Å²) in [7, 11) is 0. The van der Waals surface area contributed by atoms with Gasteiger partial charge in [0, 0.05) is 28.5 Å². The van der Waals surface area contributed by atoms with E-state index in [1.165, 1.54) is 0 Å². The van der Waals surface area contributed by atoms with Gasteiger partial charge >= 0.3 is 0 Å². The smallest absolute Gasteiger partial charge is 0.258 e. The number of aromatic nitrogens is 3. The van der Waals surface area contributed by atoms with Gasteiger partial charge < -0.3 is 4.52 Å². The lowest BCUT2D eigenvalue weighted by Gasteiger charge is -1.94. The number of nitrogens with zero attached hydrogens (tertiary/aromatic N) is 3. The van der Waals surface area contributed by atoms with E-state index in [2.05, 4.69) is 15.1 Å². The highest BCUT2D eigenvalue weighted by Gasteiger charge is 2.10. The molecular formula is C13H8ClN3O. The molecule has 0 aliphatic heterocycles. The summed E-state index contributed by atoms with van der Waals surface area (Å²) in [6.07, 6.45) is 3.37. The van der Waals surface area contributed by atoms with Gasteiger partial charge in [0.2, 0.25) is 5.82 Å². The Kier molecular flexibility index (Phi) is 2.78. The standard InChI is InChI=1S/C13H8ClN3O/c14-11-3-1-2-10(8-11)13-16-12(17-18-13)9-4-6-15-7-5-9/h1-8H. The van der Waals surface area contributed by atoms with Crippen molar-refractivity contribution < 1.29 is 4.52 Å². The highest BCUT2D eigenvalue weighted by atomic mass is 35.5. The number of halogens is 1. The lowest BCUT2D eigenvalue weighted by atomic mass is 10.2. The molecule has 0 bridgehead atoms. The molecule has 18 heavy (non-hydrogen) atoms. The maximum atomic E-state index is 5.92. The van der Waals surface area contributed by atoms with Gasteiger partial charge in [-0.15, -0.1) is 0 Å². The molecule has 5 heteroatoms. The molecule has 2 aromatic heterocycles. The van der Waals surface area contributed by atoms with E-state index in [1.807, 2.05) is 24.3 Å². The summed E-state index contributed by atoms with van der Waals surface area (Å²) in [5.41, 5.74) is 1.66. The summed E-state index contributed by atoms with van der Waals surface area (Å²) >= 11 is 5.92. The van der Waals surface area contributed by atoms with Crippen LogP contribution in [0.2, 0.25) is 5.02 Å². The van der Waals surface area contributed by atoms with Crippen LogP contribution in [0.1, 0.15) is 0 Å². The van der Waals surface area contributed by atoms with E-state index in [0.717, 1.165) is 11.1 Å². The zero-order valence-corrected chi connectivity index (χ0v) is 10.0. The lowest BCUT2D eigenvalue weighted by molar-refractivity contribution is 0.432. The van der Waals surface area contributed by atoms with Crippen molar-refractivity contribution >= 4 is 11.6 Å². The van der Waals surface area contributed by atoms with Crippen LogP contribution >= 0.6 is 11.6 Å². The fourth-order valence-electron chi connectivity index (χ4n) is 1.58. The van der Waals surface area contributed by atoms with Crippen LogP contribution in [-0.4, -0.2) is 15.1 Å². The van der Waals surface area contributed by atoms with E-state index < -0.39 is 0 Å². The third-order valence-corrected chi connectivity index (χ3v) is 2.67. The van der Waals surface area contributed by atoms with Crippen LogP contribution in [0.5, 0.6) is 0 Å². The third-order valence-electron chi connectivity index (χ3n) is 2.44. The van der Waals surface area contributed by atoms with Crippen molar-refractivity contribution in [2.75, 3.05) is 0 Å².